The van der Waals surface area contributed by atoms with Gasteiger partial charge in [-0.2, -0.15) is 17.4 Å². The van der Waals surface area contributed by atoms with Crippen LogP contribution in [0.2, 0.25) is 0 Å². The van der Waals surface area contributed by atoms with Gasteiger partial charge in [0.15, 0.2) is 0 Å². The molecule has 0 spiro atoms. The smallest absolute Gasteiger partial charge is 0.279 e. The third-order valence-corrected chi connectivity index (χ3v) is 5.33. The van der Waals surface area contributed by atoms with Crippen LogP contribution in [0.25, 0.3) is 0 Å². The van der Waals surface area contributed by atoms with Crippen molar-refractivity contribution in [2.45, 2.75) is 63.9 Å². The Hall–Kier alpha value is -0.210. The van der Waals surface area contributed by atoms with Crippen molar-refractivity contribution in [3.63, 3.8) is 0 Å². The molecule has 1 saturated carbocycles. The zero-order chi connectivity index (χ0) is 14.0. The van der Waals surface area contributed by atoms with Gasteiger partial charge in [-0.3, -0.25) is 0 Å². The third kappa shape index (κ3) is 3.88. The van der Waals surface area contributed by atoms with Gasteiger partial charge in [0, 0.05) is 19.1 Å². The maximum absolute atomic E-state index is 12.3. The van der Waals surface area contributed by atoms with Gasteiger partial charge in [0.2, 0.25) is 0 Å². The summed E-state index contributed by atoms with van der Waals surface area (Å²) in [6.45, 7) is 4.46. The molecule has 0 radical (unpaired) electrons. The summed E-state index contributed by atoms with van der Waals surface area (Å²) in [6.07, 6.45) is 2.53. The van der Waals surface area contributed by atoms with Crippen molar-refractivity contribution in [1.29, 1.82) is 0 Å². The summed E-state index contributed by atoms with van der Waals surface area (Å²) in [5, 5.41) is 9.86. The fourth-order valence-corrected chi connectivity index (χ4v) is 4.46. The van der Waals surface area contributed by atoms with E-state index < -0.39 is 16.3 Å². The summed E-state index contributed by atoms with van der Waals surface area (Å²) in [6, 6.07) is -0.354. The zero-order valence-corrected chi connectivity index (χ0v) is 12.4. The Labute approximate surface area is 115 Å². The number of nitrogens with zero attached hydrogens (tertiary/aromatic N) is 1. The second-order valence-corrected chi connectivity index (χ2v) is 7.36. The molecule has 2 rings (SSSR count). The highest BCUT2D eigenvalue weighted by atomic mass is 32.2. The molecule has 2 N–H and O–H groups in total. The minimum atomic E-state index is -3.54. The Morgan fingerprint density at radius 2 is 1.74 bits per heavy atom. The van der Waals surface area contributed by atoms with Crippen LogP contribution in [0.15, 0.2) is 0 Å². The molecule has 0 bridgehead atoms. The molecule has 0 aromatic carbocycles. The van der Waals surface area contributed by atoms with Gasteiger partial charge in [0.25, 0.3) is 10.2 Å². The van der Waals surface area contributed by atoms with Gasteiger partial charge in [-0.15, -0.1) is 0 Å². The van der Waals surface area contributed by atoms with Crippen molar-refractivity contribution in [3.05, 3.63) is 0 Å². The molecule has 0 aromatic heterocycles. The van der Waals surface area contributed by atoms with Gasteiger partial charge in [-0.25, -0.2) is 0 Å². The maximum Gasteiger partial charge on any atom is 0.279 e. The van der Waals surface area contributed by atoms with E-state index in [0.717, 1.165) is 12.8 Å². The van der Waals surface area contributed by atoms with Crippen molar-refractivity contribution in [3.8, 4) is 0 Å². The number of rotatable bonds is 3. The number of nitrogens with one attached hydrogen (secondary N) is 1. The Morgan fingerprint density at radius 3 is 2.32 bits per heavy atom. The van der Waals surface area contributed by atoms with Crippen molar-refractivity contribution in [1.82, 2.24) is 9.03 Å². The third-order valence-electron chi connectivity index (χ3n) is 3.76. The Morgan fingerprint density at radius 1 is 1.16 bits per heavy atom. The van der Waals surface area contributed by atoms with Crippen LogP contribution in [-0.4, -0.2) is 55.3 Å². The molecule has 1 saturated heterocycles. The van der Waals surface area contributed by atoms with E-state index in [-0.39, 0.29) is 18.2 Å². The van der Waals surface area contributed by atoms with Crippen LogP contribution in [-0.2, 0) is 14.9 Å². The van der Waals surface area contributed by atoms with E-state index in [1.807, 2.05) is 13.8 Å². The lowest BCUT2D eigenvalue weighted by molar-refractivity contribution is -0.0446. The van der Waals surface area contributed by atoms with Crippen LogP contribution in [0.4, 0.5) is 0 Å². The van der Waals surface area contributed by atoms with Gasteiger partial charge < -0.3 is 9.84 Å². The van der Waals surface area contributed by atoms with Crippen molar-refractivity contribution in [2.75, 3.05) is 13.1 Å². The van der Waals surface area contributed by atoms with Crippen molar-refractivity contribution >= 4 is 10.2 Å². The van der Waals surface area contributed by atoms with Gasteiger partial charge in [0.1, 0.15) is 0 Å². The highest BCUT2D eigenvalue weighted by Crippen LogP contribution is 2.20. The highest BCUT2D eigenvalue weighted by Gasteiger charge is 2.34. The maximum atomic E-state index is 12.3. The molecular formula is C12H24N2O4S. The molecule has 0 amide bonds. The zero-order valence-electron chi connectivity index (χ0n) is 11.6. The minimum Gasteiger partial charge on any atom is -0.391 e. The fourth-order valence-electron chi connectivity index (χ4n) is 2.84. The first-order valence-corrected chi connectivity index (χ1v) is 8.43. The molecule has 4 unspecified atom stereocenters. The van der Waals surface area contributed by atoms with Crippen LogP contribution >= 0.6 is 0 Å². The molecule has 1 aliphatic carbocycles. The van der Waals surface area contributed by atoms with Crippen LogP contribution in [0.5, 0.6) is 0 Å². The second-order valence-electron chi connectivity index (χ2n) is 5.66. The number of aliphatic hydroxyl groups is 1. The summed E-state index contributed by atoms with van der Waals surface area (Å²) in [5.41, 5.74) is 0. The van der Waals surface area contributed by atoms with Crippen LogP contribution < -0.4 is 4.72 Å². The van der Waals surface area contributed by atoms with Crippen LogP contribution in [0, 0.1) is 0 Å². The Kier molecular flexibility index (Phi) is 4.84. The first-order valence-electron chi connectivity index (χ1n) is 6.99. The SMILES string of the molecule is CC1CN(S(=O)(=O)NC2CCCCC2O)CC(C)O1. The average Bonchev–Trinajstić information content (AvgIpc) is 2.31. The number of morpholine rings is 1. The molecular weight excluding hydrogens is 268 g/mol. The molecule has 0 aromatic rings. The largest absolute Gasteiger partial charge is 0.391 e. The minimum absolute atomic E-state index is 0.100. The Bertz CT molecular complexity index is 391. The molecule has 2 aliphatic rings. The van der Waals surface area contributed by atoms with E-state index >= 15 is 0 Å². The lowest BCUT2D eigenvalue weighted by atomic mass is 9.93. The van der Waals surface area contributed by atoms with E-state index in [4.69, 9.17) is 4.74 Å². The van der Waals surface area contributed by atoms with E-state index in [0.29, 0.717) is 25.9 Å². The number of hydrogen-bond acceptors (Lipinski definition) is 4. The van der Waals surface area contributed by atoms with Crippen molar-refractivity contribution < 1.29 is 18.3 Å². The topological polar surface area (TPSA) is 78.9 Å². The van der Waals surface area contributed by atoms with E-state index in [9.17, 15) is 13.5 Å². The normalized spacial score (nSPS) is 38.3. The van der Waals surface area contributed by atoms with E-state index in [1.165, 1.54) is 4.31 Å². The molecule has 7 heteroatoms. The summed E-state index contributed by atoms with van der Waals surface area (Å²) in [7, 11) is -3.54. The predicted octanol–water partition coefficient (Wildman–Crippen LogP) is 0.234. The molecule has 1 heterocycles. The predicted molar refractivity (Wildman–Crippen MR) is 71.9 cm³/mol. The van der Waals surface area contributed by atoms with Gasteiger partial charge >= 0.3 is 0 Å². The first-order chi connectivity index (χ1) is 8.88. The molecule has 112 valence electrons. The van der Waals surface area contributed by atoms with Gasteiger partial charge in [-0.1, -0.05) is 12.8 Å². The van der Waals surface area contributed by atoms with Gasteiger partial charge in [0.05, 0.1) is 18.3 Å². The average molecular weight is 292 g/mol. The summed E-state index contributed by atoms with van der Waals surface area (Å²) >= 11 is 0. The first kappa shape index (κ1) is 15.2. The molecule has 6 nitrogen and oxygen atoms in total. The lowest BCUT2D eigenvalue weighted by Gasteiger charge is -2.36. The summed E-state index contributed by atoms with van der Waals surface area (Å²) in [4.78, 5) is 0. The van der Waals surface area contributed by atoms with E-state index in [2.05, 4.69) is 4.72 Å². The molecule has 1 aliphatic heterocycles. The summed E-state index contributed by atoms with van der Waals surface area (Å²) in [5.74, 6) is 0. The number of aliphatic hydroxyl groups excluding tert-OH is 1. The van der Waals surface area contributed by atoms with Gasteiger partial charge in [-0.05, 0) is 26.7 Å². The second kappa shape index (κ2) is 6.05. The molecule has 2 fully saturated rings. The highest BCUT2D eigenvalue weighted by molar-refractivity contribution is 7.87. The lowest BCUT2D eigenvalue weighted by Crippen LogP contribution is -2.55. The number of ether oxygens (including phenoxy) is 1. The number of hydrogen-bond donors (Lipinski definition) is 2. The van der Waals surface area contributed by atoms with Crippen molar-refractivity contribution in [2.24, 2.45) is 0 Å². The van der Waals surface area contributed by atoms with Crippen LogP contribution in [0.1, 0.15) is 39.5 Å². The van der Waals surface area contributed by atoms with Crippen LogP contribution in [0.3, 0.4) is 0 Å². The van der Waals surface area contributed by atoms with E-state index in [1.54, 1.807) is 0 Å². The Balaban J connectivity index is 2.01. The summed E-state index contributed by atoms with van der Waals surface area (Å²) < 4.78 is 34.3. The quantitative estimate of drug-likeness (QED) is 0.781. The standard InChI is InChI=1S/C12H24N2O4S/c1-9-7-14(8-10(2)18-9)19(16,17)13-11-5-3-4-6-12(11)15/h9-13,15H,3-8H2,1-2H3. The fraction of sp³-hybridized carbons (Fsp3) is 1.00. The monoisotopic (exact) mass is 292 g/mol. The molecule has 19 heavy (non-hydrogen) atoms. The molecule has 4 atom stereocenters.